The van der Waals surface area contributed by atoms with Crippen LogP contribution in [-0.4, -0.2) is 24.1 Å². The van der Waals surface area contributed by atoms with Crippen molar-refractivity contribution >= 4 is 10.8 Å². The molecule has 1 N–H and O–H groups in total. The predicted octanol–water partition coefficient (Wildman–Crippen LogP) is 1.47. The van der Waals surface area contributed by atoms with Crippen molar-refractivity contribution in [3.05, 3.63) is 23.8 Å². The molecular weight excluding hydrogens is 210 g/mol. The lowest BCUT2D eigenvalue weighted by Crippen LogP contribution is -2.25. The maximum absolute atomic E-state index is 11.9. The van der Waals surface area contributed by atoms with Gasteiger partial charge in [0.1, 0.15) is 5.75 Å². The molecule has 0 saturated heterocycles. The van der Waals surface area contributed by atoms with Crippen molar-refractivity contribution in [1.29, 1.82) is 0 Å². The molecule has 0 aromatic heterocycles. The van der Waals surface area contributed by atoms with Crippen LogP contribution in [0.5, 0.6) is 5.75 Å². The quantitative estimate of drug-likeness (QED) is 0.828. The first-order valence-electron chi connectivity index (χ1n) is 5.00. The van der Waals surface area contributed by atoms with Gasteiger partial charge in [-0.05, 0) is 25.1 Å². The third-order valence-electron chi connectivity index (χ3n) is 2.77. The Morgan fingerprint density at radius 3 is 3.00 bits per heavy atom. The second kappa shape index (κ2) is 4.33. The molecule has 1 aliphatic heterocycles. The molecule has 1 aliphatic rings. The van der Waals surface area contributed by atoms with Crippen molar-refractivity contribution in [2.45, 2.75) is 17.4 Å². The first-order valence-corrected chi connectivity index (χ1v) is 6.32. The summed E-state index contributed by atoms with van der Waals surface area (Å²) in [5, 5.41) is 3.24. The second-order valence-electron chi connectivity index (χ2n) is 3.56. The van der Waals surface area contributed by atoms with Crippen LogP contribution < -0.4 is 10.1 Å². The van der Waals surface area contributed by atoms with E-state index < -0.39 is 10.8 Å². The van der Waals surface area contributed by atoms with E-state index in [0.717, 1.165) is 22.6 Å². The van der Waals surface area contributed by atoms with Crippen LogP contribution in [0.4, 0.5) is 0 Å². The normalized spacial score (nSPS) is 24.7. The molecule has 1 aromatic rings. The van der Waals surface area contributed by atoms with E-state index in [0.29, 0.717) is 11.8 Å². The van der Waals surface area contributed by atoms with Gasteiger partial charge in [-0.25, -0.2) is 0 Å². The third-order valence-corrected chi connectivity index (χ3v) is 4.27. The number of benzene rings is 1. The molecule has 15 heavy (non-hydrogen) atoms. The molecule has 0 spiro atoms. The molecule has 2 unspecified atom stereocenters. The minimum Gasteiger partial charge on any atom is -0.495 e. The number of hydrogen-bond donors (Lipinski definition) is 1. The van der Waals surface area contributed by atoms with E-state index in [4.69, 9.17) is 4.74 Å². The van der Waals surface area contributed by atoms with Crippen molar-refractivity contribution in [3.63, 3.8) is 0 Å². The van der Waals surface area contributed by atoms with Crippen LogP contribution in [-0.2, 0) is 10.8 Å². The largest absolute Gasteiger partial charge is 0.495 e. The van der Waals surface area contributed by atoms with E-state index in [2.05, 4.69) is 5.32 Å². The lowest BCUT2D eigenvalue weighted by atomic mass is 10.0. The van der Waals surface area contributed by atoms with Crippen molar-refractivity contribution in [3.8, 4) is 5.75 Å². The number of hydrogen-bond acceptors (Lipinski definition) is 3. The van der Waals surface area contributed by atoms with Gasteiger partial charge in [-0.3, -0.25) is 4.21 Å². The number of ether oxygens (including phenoxy) is 1. The molecule has 82 valence electrons. The summed E-state index contributed by atoms with van der Waals surface area (Å²) in [5.74, 6) is 1.45. The molecule has 1 aromatic carbocycles. The molecule has 0 fully saturated rings. The fourth-order valence-electron chi connectivity index (χ4n) is 1.99. The summed E-state index contributed by atoms with van der Waals surface area (Å²) < 4.78 is 17.2. The van der Waals surface area contributed by atoms with E-state index in [-0.39, 0.29) is 0 Å². The standard InChI is InChI=1S/C11H15NO2S/c1-12-9-6-7-15(13)11-8(9)4-3-5-10(11)14-2/h3-5,9,12H,6-7H2,1-2H3. The summed E-state index contributed by atoms with van der Waals surface area (Å²) in [4.78, 5) is 0.866. The Labute approximate surface area is 92.3 Å². The van der Waals surface area contributed by atoms with Gasteiger partial charge in [0.15, 0.2) is 0 Å². The van der Waals surface area contributed by atoms with E-state index in [1.807, 2.05) is 25.2 Å². The molecule has 4 heteroatoms. The number of fused-ring (bicyclic) bond motifs is 1. The SMILES string of the molecule is CNC1CCS(=O)c2c(OC)cccc21. The van der Waals surface area contributed by atoms with Crippen LogP contribution in [0.25, 0.3) is 0 Å². The Bertz CT molecular complexity index is 392. The van der Waals surface area contributed by atoms with Crippen LogP contribution in [0, 0.1) is 0 Å². The molecule has 1 heterocycles. The van der Waals surface area contributed by atoms with Gasteiger partial charge in [-0.1, -0.05) is 12.1 Å². The fraction of sp³-hybridized carbons (Fsp3) is 0.455. The van der Waals surface area contributed by atoms with Crippen molar-refractivity contribution in [1.82, 2.24) is 5.32 Å². The molecule has 0 bridgehead atoms. The predicted molar refractivity (Wildman–Crippen MR) is 60.7 cm³/mol. The molecule has 0 aliphatic carbocycles. The molecule has 3 nitrogen and oxygen atoms in total. The van der Waals surface area contributed by atoms with Gasteiger partial charge < -0.3 is 10.1 Å². The van der Waals surface area contributed by atoms with Crippen molar-refractivity contribution in [2.75, 3.05) is 19.9 Å². The van der Waals surface area contributed by atoms with Crippen LogP contribution in [0.3, 0.4) is 0 Å². The fourth-order valence-corrected chi connectivity index (χ4v) is 3.50. The Balaban J connectivity index is 2.55. The highest BCUT2D eigenvalue weighted by Crippen LogP contribution is 2.35. The highest BCUT2D eigenvalue weighted by atomic mass is 32.2. The summed E-state index contributed by atoms with van der Waals surface area (Å²) in [6.45, 7) is 0. The zero-order valence-corrected chi connectivity index (χ0v) is 9.76. The molecule has 0 amide bonds. The maximum Gasteiger partial charge on any atom is 0.135 e. The first-order chi connectivity index (χ1) is 7.27. The van der Waals surface area contributed by atoms with E-state index in [1.165, 1.54) is 0 Å². The minimum atomic E-state index is -0.914. The average molecular weight is 225 g/mol. The molecule has 0 saturated carbocycles. The maximum atomic E-state index is 11.9. The number of nitrogens with one attached hydrogen (secondary N) is 1. The lowest BCUT2D eigenvalue weighted by molar-refractivity contribution is 0.399. The lowest BCUT2D eigenvalue weighted by Gasteiger charge is -2.25. The highest BCUT2D eigenvalue weighted by molar-refractivity contribution is 7.85. The second-order valence-corrected chi connectivity index (χ2v) is 5.07. The summed E-state index contributed by atoms with van der Waals surface area (Å²) >= 11 is 0. The van der Waals surface area contributed by atoms with Gasteiger partial charge in [-0.15, -0.1) is 0 Å². The zero-order valence-electron chi connectivity index (χ0n) is 8.95. The van der Waals surface area contributed by atoms with E-state index in [9.17, 15) is 4.21 Å². The molecular formula is C11H15NO2S. The first kappa shape index (κ1) is 10.6. The van der Waals surface area contributed by atoms with Crippen LogP contribution in [0.2, 0.25) is 0 Å². The van der Waals surface area contributed by atoms with E-state index >= 15 is 0 Å². The van der Waals surface area contributed by atoms with Crippen molar-refractivity contribution in [2.24, 2.45) is 0 Å². The van der Waals surface area contributed by atoms with Gasteiger partial charge in [0, 0.05) is 11.8 Å². The molecule has 2 atom stereocenters. The average Bonchev–Trinajstić information content (AvgIpc) is 2.29. The Hall–Kier alpha value is -0.870. The van der Waals surface area contributed by atoms with Gasteiger partial charge in [0.2, 0.25) is 0 Å². The Morgan fingerprint density at radius 2 is 2.33 bits per heavy atom. The number of methoxy groups -OCH3 is 1. The van der Waals surface area contributed by atoms with Crippen molar-refractivity contribution < 1.29 is 8.95 Å². The summed E-state index contributed by atoms with van der Waals surface area (Å²) in [6.07, 6.45) is 0.920. The highest BCUT2D eigenvalue weighted by Gasteiger charge is 2.26. The summed E-state index contributed by atoms with van der Waals surface area (Å²) in [5.41, 5.74) is 1.11. The topological polar surface area (TPSA) is 38.3 Å². The minimum absolute atomic E-state index is 0.299. The Morgan fingerprint density at radius 1 is 1.53 bits per heavy atom. The number of rotatable bonds is 2. The van der Waals surface area contributed by atoms with Gasteiger partial charge >= 0.3 is 0 Å². The van der Waals surface area contributed by atoms with E-state index in [1.54, 1.807) is 7.11 Å². The third kappa shape index (κ3) is 1.79. The van der Waals surface area contributed by atoms with Gasteiger partial charge in [0.25, 0.3) is 0 Å². The Kier molecular flexibility index (Phi) is 3.07. The molecule has 2 rings (SSSR count). The van der Waals surface area contributed by atoms with Crippen LogP contribution in [0.15, 0.2) is 23.1 Å². The van der Waals surface area contributed by atoms with Crippen LogP contribution >= 0.6 is 0 Å². The molecule has 0 radical (unpaired) electrons. The summed E-state index contributed by atoms with van der Waals surface area (Å²) in [7, 11) is 2.64. The smallest absolute Gasteiger partial charge is 0.135 e. The van der Waals surface area contributed by atoms with Gasteiger partial charge in [-0.2, -0.15) is 0 Å². The van der Waals surface area contributed by atoms with Gasteiger partial charge in [0.05, 0.1) is 22.8 Å². The summed E-state index contributed by atoms with van der Waals surface area (Å²) in [6, 6.07) is 6.14. The van der Waals surface area contributed by atoms with Crippen LogP contribution in [0.1, 0.15) is 18.0 Å². The monoisotopic (exact) mass is 225 g/mol. The zero-order chi connectivity index (χ0) is 10.8.